The minimum Gasteiger partial charge on any atom is -0.330 e. The molecule has 0 bridgehead atoms. The van der Waals surface area contributed by atoms with Gasteiger partial charge in [0.25, 0.3) is 5.91 Å². The van der Waals surface area contributed by atoms with Crippen LogP contribution in [-0.4, -0.2) is 41.2 Å². The molecule has 4 nitrogen and oxygen atoms in total. The van der Waals surface area contributed by atoms with Crippen LogP contribution in [0.1, 0.15) is 78.5 Å². The third-order valence-electron chi connectivity index (χ3n) is 7.79. The van der Waals surface area contributed by atoms with Gasteiger partial charge in [0, 0.05) is 23.5 Å². The molecule has 1 aromatic heterocycles. The highest BCUT2D eigenvalue weighted by atomic mass is 32.1. The topological polar surface area (TPSA) is 40.6 Å². The van der Waals surface area contributed by atoms with E-state index in [9.17, 15) is 9.59 Å². The lowest BCUT2D eigenvalue weighted by Gasteiger charge is -2.38. The fourth-order valence-electron chi connectivity index (χ4n) is 5.55. The van der Waals surface area contributed by atoms with Crippen LogP contribution < -0.4 is 0 Å². The number of hydrogen-bond acceptors (Lipinski definition) is 3. The van der Waals surface area contributed by atoms with Crippen LogP contribution >= 0.6 is 11.3 Å². The lowest BCUT2D eigenvalue weighted by molar-refractivity contribution is -0.134. The molecule has 3 aromatic carbocycles. The zero-order chi connectivity index (χ0) is 27.6. The van der Waals surface area contributed by atoms with Gasteiger partial charge in [0.15, 0.2) is 0 Å². The SMILES string of the molecule is CCCCN(CC(=O)N1CCc2sccc2[C@@H]1c1ccc(C(C)(C)C)cc1)C(=O)c1cccc2ccccc12. The van der Waals surface area contributed by atoms with E-state index >= 15 is 0 Å². The number of carbonyl (C=O) groups excluding carboxylic acids is 2. The summed E-state index contributed by atoms with van der Waals surface area (Å²) >= 11 is 1.77. The first kappa shape index (κ1) is 27.1. The summed E-state index contributed by atoms with van der Waals surface area (Å²) in [5, 5.41) is 4.09. The second-order valence-corrected chi connectivity index (χ2v) is 12.5. The van der Waals surface area contributed by atoms with Gasteiger partial charge in [0.1, 0.15) is 6.54 Å². The molecule has 2 amide bonds. The van der Waals surface area contributed by atoms with Gasteiger partial charge in [-0.15, -0.1) is 11.3 Å². The molecule has 0 unspecified atom stereocenters. The number of benzene rings is 3. The molecule has 202 valence electrons. The molecule has 0 saturated carbocycles. The van der Waals surface area contributed by atoms with Gasteiger partial charge in [-0.3, -0.25) is 9.59 Å². The summed E-state index contributed by atoms with van der Waals surface area (Å²) in [5.41, 5.74) is 4.33. The molecule has 5 heteroatoms. The molecule has 4 aromatic rings. The first-order chi connectivity index (χ1) is 18.8. The lowest BCUT2D eigenvalue weighted by atomic mass is 9.85. The predicted octanol–water partition coefficient (Wildman–Crippen LogP) is 7.62. The van der Waals surface area contributed by atoms with Gasteiger partial charge >= 0.3 is 0 Å². The normalized spacial score (nSPS) is 15.3. The number of unbranched alkanes of at least 4 members (excludes halogenated alkanes) is 1. The van der Waals surface area contributed by atoms with Crippen LogP contribution in [0.2, 0.25) is 0 Å². The molecule has 0 fully saturated rings. The Hall–Kier alpha value is -3.44. The molecule has 0 radical (unpaired) electrons. The van der Waals surface area contributed by atoms with E-state index < -0.39 is 0 Å². The van der Waals surface area contributed by atoms with Gasteiger partial charge in [-0.1, -0.05) is 94.8 Å². The van der Waals surface area contributed by atoms with Crippen LogP contribution in [0.4, 0.5) is 0 Å². The molecule has 1 atom stereocenters. The van der Waals surface area contributed by atoms with E-state index in [2.05, 4.69) is 63.4 Å². The molecule has 0 N–H and O–H groups in total. The van der Waals surface area contributed by atoms with Gasteiger partial charge in [-0.25, -0.2) is 0 Å². The first-order valence-electron chi connectivity index (χ1n) is 14.0. The predicted molar refractivity (Wildman–Crippen MR) is 161 cm³/mol. The molecule has 5 rings (SSSR count). The van der Waals surface area contributed by atoms with E-state index in [4.69, 9.17) is 0 Å². The van der Waals surface area contributed by atoms with Crippen molar-refractivity contribution in [3.05, 3.63) is 105 Å². The maximum atomic E-state index is 14.0. The summed E-state index contributed by atoms with van der Waals surface area (Å²) in [6, 6.07) is 24.5. The average Bonchev–Trinajstić information content (AvgIpc) is 3.42. The molecule has 1 aliphatic rings. The Balaban J connectivity index is 1.45. The Morgan fingerprint density at radius 1 is 0.974 bits per heavy atom. The molecule has 0 saturated heterocycles. The fraction of sp³-hybridized carbons (Fsp3) is 0.353. The zero-order valence-corrected chi connectivity index (χ0v) is 24.3. The monoisotopic (exact) mass is 538 g/mol. The van der Waals surface area contributed by atoms with Crippen molar-refractivity contribution >= 4 is 33.9 Å². The second-order valence-electron chi connectivity index (χ2n) is 11.5. The largest absolute Gasteiger partial charge is 0.330 e. The van der Waals surface area contributed by atoms with Crippen molar-refractivity contribution in [1.29, 1.82) is 0 Å². The molecule has 39 heavy (non-hydrogen) atoms. The van der Waals surface area contributed by atoms with Crippen LogP contribution in [0.5, 0.6) is 0 Å². The molecular weight excluding hydrogens is 500 g/mol. The van der Waals surface area contributed by atoms with Gasteiger partial charge < -0.3 is 9.80 Å². The first-order valence-corrected chi connectivity index (χ1v) is 14.9. The Kier molecular flexibility index (Phi) is 7.90. The highest BCUT2D eigenvalue weighted by Gasteiger charge is 2.34. The van der Waals surface area contributed by atoms with Crippen molar-refractivity contribution in [2.24, 2.45) is 0 Å². The smallest absolute Gasteiger partial charge is 0.254 e. The summed E-state index contributed by atoms with van der Waals surface area (Å²) in [4.78, 5) is 33.0. The summed E-state index contributed by atoms with van der Waals surface area (Å²) in [6.07, 6.45) is 2.66. The standard InChI is InChI=1S/C34H38N2O2S/c1-5-6-20-35(33(38)28-13-9-11-24-10-7-8-12-27(24)28)23-31(37)36-21-18-30-29(19-22-39-30)32(36)25-14-16-26(17-15-25)34(2,3)4/h7-17,19,22,32H,5-6,18,20-21,23H2,1-4H3/t32-/m0/s1. The van der Waals surface area contributed by atoms with E-state index in [-0.39, 0.29) is 29.8 Å². The fourth-order valence-corrected chi connectivity index (χ4v) is 6.45. The van der Waals surface area contributed by atoms with Crippen molar-refractivity contribution in [2.75, 3.05) is 19.6 Å². The van der Waals surface area contributed by atoms with Crippen molar-refractivity contribution in [3.8, 4) is 0 Å². The summed E-state index contributed by atoms with van der Waals surface area (Å²) in [6.45, 7) is 10.1. The Bertz CT molecular complexity index is 1460. The van der Waals surface area contributed by atoms with Crippen LogP contribution in [-0.2, 0) is 16.6 Å². The van der Waals surface area contributed by atoms with Crippen molar-refractivity contribution in [1.82, 2.24) is 9.80 Å². The van der Waals surface area contributed by atoms with Crippen LogP contribution in [0, 0.1) is 0 Å². The lowest BCUT2D eigenvalue weighted by Crippen LogP contribution is -2.47. The maximum absolute atomic E-state index is 14.0. The van der Waals surface area contributed by atoms with Crippen molar-refractivity contribution in [2.45, 2.75) is 58.4 Å². The second kappa shape index (κ2) is 11.4. The van der Waals surface area contributed by atoms with Crippen LogP contribution in [0.25, 0.3) is 10.8 Å². The summed E-state index contributed by atoms with van der Waals surface area (Å²) in [7, 11) is 0. The number of carbonyl (C=O) groups is 2. The van der Waals surface area contributed by atoms with E-state index in [1.807, 2.05) is 47.4 Å². The maximum Gasteiger partial charge on any atom is 0.254 e. The number of nitrogens with zero attached hydrogens (tertiary/aromatic N) is 2. The van der Waals surface area contributed by atoms with Crippen molar-refractivity contribution in [3.63, 3.8) is 0 Å². The van der Waals surface area contributed by atoms with E-state index in [1.165, 1.54) is 16.0 Å². The van der Waals surface area contributed by atoms with E-state index in [0.29, 0.717) is 18.7 Å². The Morgan fingerprint density at radius 3 is 2.46 bits per heavy atom. The van der Waals surface area contributed by atoms with Crippen molar-refractivity contribution < 1.29 is 9.59 Å². The number of fused-ring (bicyclic) bond motifs is 2. The number of rotatable bonds is 7. The molecule has 1 aliphatic heterocycles. The quantitative estimate of drug-likeness (QED) is 0.243. The van der Waals surface area contributed by atoms with E-state index in [0.717, 1.165) is 35.6 Å². The highest BCUT2D eigenvalue weighted by Crippen LogP contribution is 2.38. The summed E-state index contributed by atoms with van der Waals surface area (Å²) in [5.74, 6) is -0.0747. The van der Waals surface area contributed by atoms with E-state index in [1.54, 1.807) is 16.2 Å². The Labute approximate surface area is 236 Å². The minimum atomic E-state index is -0.137. The van der Waals surface area contributed by atoms with Crippen LogP contribution in [0.15, 0.2) is 78.2 Å². The highest BCUT2D eigenvalue weighted by molar-refractivity contribution is 7.10. The summed E-state index contributed by atoms with van der Waals surface area (Å²) < 4.78 is 0. The zero-order valence-electron chi connectivity index (χ0n) is 23.4. The molecule has 0 spiro atoms. The number of thiophene rings is 1. The minimum absolute atomic E-state index is 0.00133. The number of amides is 2. The average molecular weight is 539 g/mol. The molecule has 0 aliphatic carbocycles. The van der Waals surface area contributed by atoms with Gasteiger partial charge in [-0.2, -0.15) is 0 Å². The van der Waals surface area contributed by atoms with Gasteiger partial charge in [0.2, 0.25) is 5.91 Å². The molecular formula is C34H38N2O2S. The number of hydrogen-bond donors (Lipinski definition) is 0. The third kappa shape index (κ3) is 5.65. The third-order valence-corrected chi connectivity index (χ3v) is 8.79. The van der Waals surface area contributed by atoms with Gasteiger partial charge in [0.05, 0.1) is 6.04 Å². The molecule has 2 heterocycles. The van der Waals surface area contributed by atoms with Crippen LogP contribution in [0.3, 0.4) is 0 Å². The Morgan fingerprint density at radius 2 is 1.72 bits per heavy atom. The van der Waals surface area contributed by atoms with Gasteiger partial charge in [-0.05, 0) is 63.2 Å².